The molecule has 0 aliphatic heterocycles. The number of nitrogens with one attached hydrogen (secondary N) is 1. The molecule has 0 atom stereocenters. The highest BCUT2D eigenvalue weighted by Crippen LogP contribution is 2.36. The third-order valence-electron chi connectivity index (χ3n) is 2.91. The maximum atomic E-state index is 12.5. The van der Waals surface area contributed by atoms with Gasteiger partial charge in [0.05, 0.1) is 23.7 Å². The molecule has 2 aromatic rings. The number of aromatic nitrogens is 3. The van der Waals surface area contributed by atoms with E-state index in [1.165, 1.54) is 31.9 Å². The van der Waals surface area contributed by atoms with Crippen molar-refractivity contribution in [3.8, 4) is 11.8 Å². The lowest BCUT2D eigenvalue weighted by molar-refractivity contribution is 0.101. The van der Waals surface area contributed by atoms with Crippen LogP contribution in [0.5, 0.6) is 11.8 Å². The van der Waals surface area contributed by atoms with E-state index in [1.807, 2.05) is 0 Å². The summed E-state index contributed by atoms with van der Waals surface area (Å²) in [6, 6.07) is 0. The largest absolute Gasteiger partial charge is 0.480 e. The number of hydrogen-bond donors (Lipinski definition) is 1. The summed E-state index contributed by atoms with van der Waals surface area (Å²) in [6.45, 7) is 6.15. The first-order chi connectivity index (χ1) is 10.8. The predicted octanol–water partition coefficient (Wildman–Crippen LogP) is 3.26. The van der Waals surface area contributed by atoms with Crippen molar-refractivity contribution in [3.05, 3.63) is 21.4 Å². The topological polar surface area (TPSA) is 86.2 Å². The second kappa shape index (κ2) is 6.79. The smallest absolute Gasteiger partial charge is 0.268 e. The summed E-state index contributed by atoms with van der Waals surface area (Å²) in [5.41, 5.74) is 0.867. The number of carbonyl (C=O) groups excluding carboxylic acids is 1. The zero-order valence-electron chi connectivity index (χ0n) is 13.4. The van der Waals surface area contributed by atoms with Gasteiger partial charge in [-0.15, -0.1) is 0 Å². The molecular weight excluding hydrogens is 384 g/mol. The predicted molar refractivity (Wildman–Crippen MR) is 91.6 cm³/mol. The van der Waals surface area contributed by atoms with E-state index in [1.54, 1.807) is 0 Å². The molecule has 2 rings (SSSR count). The highest BCUT2D eigenvalue weighted by molar-refractivity contribution is 9.11. The summed E-state index contributed by atoms with van der Waals surface area (Å²) in [5, 5.41) is 3.21. The molecule has 0 bridgehead atoms. The fourth-order valence-electron chi connectivity index (χ4n) is 1.84. The van der Waals surface area contributed by atoms with Gasteiger partial charge in [-0.3, -0.25) is 10.1 Å². The minimum absolute atomic E-state index is 0.126. The summed E-state index contributed by atoms with van der Waals surface area (Å²) in [4.78, 5) is 24.9. The molecule has 2 heterocycles. The molecule has 0 aromatic carbocycles. The van der Waals surface area contributed by atoms with Crippen LogP contribution in [-0.2, 0) is 5.41 Å². The van der Waals surface area contributed by atoms with Crippen LogP contribution in [0, 0.1) is 0 Å². The lowest BCUT2D eigenvalue weighted by atomic mass is 9.93. The summed E-state index contributed by atoms with van der Waals surface area (Å²) in [6.07, 6.45) is 1.27. The van der Waals surface area contributed by atoms with E-state index in [2.05, 4.69) is 57.0 Å². The third kappa shape index (κ3) is 3.78. The Morgan fingerprint density at radius 1 is 1.22 bits per heavy atom. The number of nitrogens with zero attached hydrogens (tertiary/aromatic N) is 3. The molecule has 9 heteroatoms. The van der Waals surface area contributed by atoms with Gasteiger partial charge < -0.3 is 9.47 Å². The van der Waals surface area contributed by atoms with Crippen molar-refractivity contribution in [3.63, 3.8) is 0 Å². The van der Waals surface area contributed by atoms with Gasteiger partial charge in [0.25, 0.3) is 5.91 Å². The zero-order valence-corrected chi connectivity index (χ0v) is 15.8. The molecular formula is C14H17BrN4O3S. The van der Waals surface area contributed by atoms with Crippen LogP contribution in [0.15, 0.2) is 10.1 Å². The number of thiazole rings is 1. The van der Waals surface area contributed by atoms with Crippen LogP contribution in [0.3, 0.4) is 0 Å². The number of amides is 1. The number of rotatable bonds is 4. The minimum Gasteiger partial charge on any atom is -0.480 e. The maximum absolute atomic E-state index is 12.5. The quantitative estimate of drug-likeness (QED) is 0.847. The van der Waals surface area contributed by atoms with Crippen molar-refractivity contribution in [1.82, 2.24) is 15.0 Å². The SMILES string of the molecule is COc1ncnc(OC)c1C(=O)Nc1nc(C(C)(C)C)c(Br)s1. The first kappa shape index (κ1) is 17.6. The van der Waals surface area contributed by atoms with Gasteiger partial charge in [0.15, 0.2) is 10.7 Å². The Morgan fingerprint density at radius 3 is 2.22 bits per heavy atom. The van der Waals surface area contributed by atoms with E-state index >= 15 is 0 Å². The van der Waals surface area contributed by atoms with Crippen molar-refractivity contribution in [2.24, 2.45) is 0 Å². The molecule has 1 N–H and O–H groups in total. The van der Waals surface area contributed by atoms with Gasteiger partial charge in [-0.05, 0) is 15.9 Å². The van der Waals surface area contributed by atoms with Gasteiger partial charge in [-0.2, -0.15) is 0 Å². The number of carbonyl (C=O) groups is 1. The summed E-state index contributed by atoms with van der Waals surface area (Å²) in [5.74, 6) is -0.164. The molecule has 0 saturated heterocycles. The van der Waals surface area contributed by atoms with Gasteiger partial charge in [0, 0.05) is 5.41 Å². The Balaban J connectivity index is 2.34. The molecule has 23 heavy (non-hydrogen) atoms. The van der Waals surface area contributed by atoms with Crippen LogP contribution in [0.2, 0.25) is 0 Å². The normalized spacial score (nSPS) is 11.2. The number of ether oxygens (including phenoxy) is 2. The summed E-state index contributed by atoms with van der Waals surface area (Å²) >= 11 is 4.83. The van der Waals surface area contributed by atoms with Crippen LogP contribution in [0.4, 0.5) is 5.13 Å². The highest BCUT2D eigenvalue weighted by Gasteiger charge is 2.25. The molecule has 0 aliphatic carbocycles. The number of anilines is 1. The van der Waals surface area contributed by atoms with Crippen molar-refractivity contribution in [2.75, 3.05) is 19.5 Å². The van der Waals surface area contributed by atoms with Gasteiger partial charge >= 0.3 is 0 Å². The molecule has 0 saturated carbocycles. The molecule has 124 valence electrons. The standard InChI is InChI=1S/C14H17BrN4O3S/c1-14(2,3)8-9(15)23-13(18-8)19-10(20)7-11(21-4)16-6-17-12(7)22-5/h6H,1-5H3,(H,18,19,20). The van der Waals surface area contributed by atoms with Crippen LogP contribution >= 0.6 is 27.3 Å². The van der Waals surface area contributed by atoms with E-state index < -0.39 is 5.91 Å². The second-order valence-corrected chi connectivity index (χ2v) is 7.93. The van der Waals surface area contributed by atoms with E-state index in [0.29, 0.717) is 5.13 Å². The van der Waals surface area contributed by atoms with Crippen molar-refractivity contribution in [1.29, 1.82) is 0 Å². The molecule has 0 aliphatic rings. The van der Waals surface area contributed by atoms with Crippen molar-refractivity contribution < 1.29 is 14.3 Å². The van der Waals surface area contributed by atoms with Gasteiger partial charge in [-0.25, -0.2) is 15.0 Å². The monoisotopic (exact) mass is 400 g/mol. The molecule has 0 spiro atoms. The minimum atomic E-state index is -0.444. The fourth-order valence-corrected chi connectivity index (χ4v) is 3.88. The van der Waals surface area contributed by atoms with Gasteiger partial charge in [-0.1, -0.05) is 32.1 Å². The Morgan fingerprint density at radius 2 is 1.78 bits per heavy atom. The third-order valence-corrected chi connectivity index (χ3v) is 4.53. The van der Waals surface area contributed by atoms with Crippen molar-refractivity contribution >= 4 is 38.3 Å². The number of hydrogen-bond acceptors (Lipinski definition) is 7. The van der Waals surface area contributed by atoms with E-state index in [-0.39, 0.29) is 22.7 Å². The lowest BCUT2D eigenvalue weighted by Crippen LogP contribution is -2.17. The van der Waals surface area contributed by atoms with Crippen LogP contribution < -0.4 is 14.8 Å². The average Bonchev–Trinajstić information content (AvgIpc) is 2.86. The molecule has 1 amide bonds. The average molecular weight is 401 g/mol. The first-order valence-electron chi connectivity index (χ1n) is 6.69. The van der Waals surface area contributed by atoms with E-state index in [4.69, 9.17) is 9.47 Å². The summed E-state index contributed by atoms with van der Waals surface area (Å²) in [7, 11) is 2.85. The zero-order chi connectivity index (χ0) is 17.2. The number of methoxy groups -OCH3 is 2. The molecule has 7 nitrogen and oxygen atoms in total. The number of halogens is 1. The Hall–Kier alpha value is -1.74. The van der Waals surface area contributed by atoms with Gasteiger partial charge in [0.2, 0.25) is 11.8 Å². The Labute approximate surface area is 146 Å². The van der Waals surface area contributed by atoms with E-state index in [0.717, 1.165) is 9.48 Å². The van der Waals surface area contributed by atoms with Crippen LogP contribution in [-0.4, -0.2) is 35.1 Å². The highest BCUT2D eigenvalue weighted by atomic mass is 79.9. The molecule has 0 radical (unpaired) electrons. The fraction of sp³-hybridized carbons (Fsp3) is 0.429. The van der Waals surface area contributed by atoms with Gasteiger partial charge in [0.1, 0.15) is 6.33 Å². The lowest BCUT2D eigenvalue weighted by Gasteiger charge is -2.15. The molecule has 0 fully saturated rings. The molecule has 2 aromatic heterocycles. The second-order valence-electron chi connectivity index (χ2n) is 5.61. The Bertz CT molecular complexity index is 705. The summed E-state index contributed by atoms with van der Waals surface area (Å²) < 4.78 is 11.1. The molecule has 0 unspecified atom stereocenters. The van der Waals surface area contributed by atoms with Crippen molar-refractivity contribution in [2.45, 2.75) is 26.2 Å². The maximum Gasteiger partial charge on any atom is 0.268 e. The first-order valence-corrected chi connectivity index (χ1v) is 8.30. The van der Waals surface area contributed by atoms with Crippen LogP contribution in [0.1, 0.15) is 36.8 Å². The van der Waals surface area contributed by atoms with Crippen LogP contribution in [0.25, 0.3) is 0 Å². The Kier molecular flexibility index (Phi) is 5.20. The van der Waals surface area contributed by atoms with E-state index in [9.17, 15) is 4.79 Å².